The van der Waals surface area contributed by atoms with Crippen molar-refractivity contribution in [1.82, 2.24) is 14.9 Å². The number of nitrogens with one attached hydrogen (secondary N) is 1. The van der Waals surface area contributed by atoms with E-state index in [1.165, 1.54) is 0 Å². The predicted octanol–water partition coefficient (Wildman–Crippen LogP) is 6.89. The zero-order valence-corrected chi connectivity index (χ0v) is 23.6. The average Bonchev–Trinajstić information content (AvgIpc) is 3.44. The van der Waals surface area contributed by atoms with Crippen LogP contribution < -0.4 is 10.2 Å². The van der Waals surface area contributed by atoms with E-state index in [9.17, 15) is 9.59 Å². The molecule has 1 N–H and O–H groups in total. The first kappa shape index (κ1) is 27.1. The summed E-state index contributed by atoms with van der Waals surface area (Å²) in [6, 6.07) is 13.7. The number of hydrogen-bond acceptors (Lipinski definition) is 7. The number of halogens is 2. The van der Waals surface area contributed by atoms with Crippen LogP contribution in [0.25, 0.3) is 22.0 Å². The molecule has 0 spiro atoms. The number of anilines is 3. The summed E-state index contributed by atoms with van der Waals surface area (Å²) >= 11 is 12.6. The molecule has 200 valence electrons. The van der Waals surface area contributed by atoms with Gasteiger partial charge in [0.15, 0.2) is 12.1 Å². The highest BCUT2D eigenvalue weighted by molar-refractivity contribution is 6.39. The summed E-state index contributed by atoms with van der Waals surface area (Å²) < 4.78 is 0. The highest BCUT2D eigenvalue weighted by Gasteiger charge is 2.25. The molecule has 0 aliphatic carbocycles. The third-order valence-electron chi connectivity index (χ3n) is 7.25. The molecule has 1 atom stereocenters. The molecule has 0 amide bonds. The number of likely N-dealkylation sites (N-methyl/N-ethyl adjacent to an activating group) is 1. The number of pyridine rings is 2. The summed E-state index contributed by atoms with van der Waals surface area (Å²) in [6.45, 7) is 3.75. The lowest BCUT2D eigenvalue weighted by atomic mass is 9.99. The van der Waals surface area contributed by atoms with Crippen LogP contribution in [-0.2, 0) is 0 Å². The molecule has 1 saturated heterocycles. The van der Waals surface area contributed by atoms with Crippen molar-refractivity contribution in [3.05, 3.63) is 76.0 Å². The molecule has 7 nitrogen and oxygen atoms in total. The van der Waals surface area contributed by atoms with Gasteiger partial charge in [-0.05, 0) is 68.0 Å². The number of Topliss-reactive ketones (excluding diaryl/α,β-unsaturated/α-hetero) is 1. The Morgan fingerprint density at radius 1 is 1.08 bits per heavy atom. The number of aromatic nitrogens is 2. The zero-order valence-electron chi connectivity index (χ0n) is 22.0. The summed E-state index contributed by atoms with van der Waals surface area (Å²) in [6.07, 6.45) is 5.52. The number of carbonyl (C=O) groups is 2. The molecule has 4 aromatic rings. The van der Waals surface area contributed by atoms with Crippen LogP contribution in [0.15, 0.2) is 54.9 Å². The molecule has 0 bridgehead atoms. The van der Waals surface area contributed by atoms with Crippen molar-refractivity contribution in [3.63, 3.8) is 0 Å². The summed E-state index contributed by atoms with van der Waals surface area (Å²) in [7, 11) is 4.22. The molecule has 9 heteroatoms. The molecule has 5 rings (SSSR count). The molecular formula is C30H29Cl2N5O2. The van der Waals surface area contributed by atoms with E-state index in [-0.39, 0.29) is 21.4 Å². The quantitative estimate of drug-likeness (QED) is 0.185. The zero-order chi connectivity index (χ0) is 27.7. The van der Waals surface area contributed by atoms with Crippen LogP contribution in [0.3, 0.4) is 0 Å². The van der Waals surface area contributed by atoms with Crippen LogP contribution in [0.4, 0.5) is 17.2 Å². The Hall–Kier alpha value is -3.52. The minimum atomic E-state index is -0.0184. The van der Waals surface area contributed by atoms with Crippen LogP contribution in [0, 0.1) is 0 Å². The van der Waals surface area contributed by atoms with Gasteiger partial charge in [0.1, 0.15) is 5.82 Å². The highest BCUT2D eigenvalue weighted by atomic mass is 35.5. The normalized spacial score (nSPS) is 15.2. The Morgan fingerprint density at radius 2 is 1.85 bits per heavy atom. The minimum absolute atomic E-state index is 0.0184. The fourth-order valence-electron chi connectivity index (χ4n) is 4.94. The molecule has 39 heavy (non-hydrogen) atoms. The first-order valence-electron chi connectivity index (χ1n) is 12.8. The SMILES string of the molecule is CCC(=O)c1cnc2ccc(-c3cc(Cl)c(C=O)c(Cl)c3)cc2c1Nc1ccc(N2CCC(N(C)C)C2)nc1. The van der Waals surface area contributed by atoms with E-state index in [1.807, 2.05) is 37.3 Å². The van der Waals surface area contributed by atoms with E-state index in [4.69, 9.17) is 28.2 Å². The third-order valence-corrected chi connectivity index (χ3v) is 7.88. The van der Waals surface area contributed by atoms with Crippen molar-refractivity contribution in [2.45, 2.75) is 25.8 Å². The first-order valence-corrected chi connectivity index (χ1v) is 13.6. The van der Waals surface area contributed by atoms with Crippen LogP contribution in [0.5, 0.6) is 0 Å². The van der Waals surface area contributed by atoms with Gasteiger partial charge in [-0.15, -0.1) is 0 Å². The maximum Gasteiger partial charge on any atom is 0.166 e. The Kier molecular flexibility index (Phi) is 7.84. The van der Waals surface area contributed by atoms with Crippen LogP contribution in [-0.4, -0.2) is 60.2 Å². The molecule has 1 aliphatic heterocycles. The molecule has 0 radical (unpaired) electrons. The second-order valence-corrected chi connectivity index (χ2v) is 10.7. The second kappa shape index (κ2) is 11.3. The number of benzene rings is 2. The average molecular weight is 563 g/mol. The number of carbonyl (C=O) groups excluding carboxylic acids is 2. The number of hydrogen-bond donors (Lipinski definition) is 1. The number of ketones is 1. The van der Waals surface area contributed by atoms with Gasteiger partial charge in [0.2, 0.25) is 0 Å². The van der Waals surface area contributed by atoms with Crippen molar-refractivity contribution < 1.29 is 9.59 Å². The van der Waals surface area contributed by atoms with Crippen molar-refractivity contribution in [2.75, 3.05) is 37.4 Å². The van der Waals surface area contributed by atoms with E-state index in [2.05, 4.69) is 34.2 Å². The predicted molar refractivity (Wildman–Crippen MR) is 159 cm³/mol. The monoisotopic (exact) mass is 561 g/mol. The maximum atomic E-state index is 12.9. The van der Waals surface area contributed by atoms with Crippen LogP contribution >= 0.6 is 23.2 Å². The van der Waals surface area contributed by atoms with Crippen molar-refractivity contribution >= 4 is 63.4 Å². The first-order chi connectivity index (χ1) is 18.8. The molecule has 1 fully saturated rings. The van der Waals surface area contributed by atoms with Gasteiger partial charge in [-0.1, -0.05) is 36.2 Å². The number of aldehydes is 1. The van der Waals surface area contributed by atoms with E-state index in [1.54, 1.807) is 24.5 Å². The smallest absolute Gasteiger partial charge is 0.166 e. The third kappa shape index (κ3) is 5.48. The van der Waals surface area contributed by atoms with Crippen molar-refractivity contribution in [1.29, 1.82) is 0 Å². The molecule has 1 unspecified atom stereocenters. The Bertz CT molecular complexity index is 1530. The van der Waals surface area contributed by atoms with Crippen molar-refractivity contribution in [2.24, 2.45) is 0 Å². The summed E-state index contributed by atoms with van der Waals surface area (Å²) in [5.41, 5.74) is 4.50. The number of rotatable bonds is 8. The summed E-state index contributed by atoms with van der Waals surface area (Å²) in [5, 5.41) is 4.78. The Labute approximate surface area is 237 Å². The largest absolute Gasteiger partial charge is 0.355 e. The lowest BCUT2D eigenvalue weighted by Gasteiger charge is -2.21. The van der Waals surface area contributed by atoms with Gasteiger partial charge in [0.05, 0.1) is 44.3 Å². The summed E-state index contributed by atoms with van der Waals surface area (Å²) in [5.74, 6) is 0.916. The van der Waals surface area contributed by atoms with Gasteiger partial charge < -0.3 is 15.1 Å². The molecule has 1 aliphatic rings. The minimum Gasteiger partial charge on any atom is -0.355 e. The molecule has 3 heterocycles. The fraction of sp³-hybridized carbons (Fsp3) is 0.267. The molecule has 2 aromatic heterocycles. The van der Waals surface area contributed by atoms with Gasteiger partial charge >= 0.3 is 0 Å². The van der Waals surface area contributed by atoms with Gasteiger partial charge in [-0.25, -0.2) is 4.98 Å². The lowest BCUT2D eigenvalue weighted by molar-refractivity contribution is 0.0988. The molecule has 2 aromatic carbocycles. The van der Waals surface area contributed by atoms with Gasteiger partial charge in [0, 0.05) is 37.1 Å². The lowest BCUT2D eigenvalue weighted by Crippen LogP contribution is -2.31. The summed E-state index contributed by atoms with van der Waals surface area (Å²) in [4.78, 5) is 38.1. The van der Waals surface area contributed by atoms with E-state index in [0.29, 0.717) is 30.0 Å². The molecular weight excluding hydrogens is 533 g/mol. The van der Waals surface area contributed by atoms with Gasteiger partial charge in [-0.2, -0.15) is 0 Å². The highest BCUT2D eigenvalue weighted by Crippen LogP contribution is 2.36. The number of fused-ring (bicyclic) bond motifs is 1. The Morgan fingerprint density at radius 3 is 2.46 bits per heavy atom. The maximum absolute atomic E-state index is 12.9. The fourth-order valence-corrected chi connectivity index (χ4v) is 5.51. The second-order valence-electron chi connectivity index (χ2n) is 9.91. The van der Waals surface area contributed by atoms with Gasteiger partial charge in [-0.3, -0.25) is 14.6 Å². The van der Waals surface area contributed by atoms with E-state index in [0.717, 1.165) is 53.0 Å². The standard InChI is InChI=1S/C30H29Cl2N5O2/c1-4-28(39)23-15-33-27-7-5-18(19-12-25(31)24(17-38)26(32)13-19)11-22(27)30(23)35-20-6-8-29(34-14-20)37-10-9-21(16-37)36(2)3/h5-8,11-15,17,21H,4,9-10,16H2,1-3H3,(H,33,35). The number of nitrogens with zero attached hydrogens (tertiary/aromatic N) is 4. The Balaban J connectivity index is 1.53. The van der Waals surface area contributed by atoms with E-state index >= 15 is 0 Å². The van der Waals surface area contributed by atoms with Crippen molar-refractivity contribution in [3.8, 4) is 11.1 Å². The molecule has 0 saturated carbocycles. The van der Waals surface area contributed by atoms with Crippen LogP contribution in [0.2, 0.25) is 10.0 Å². The topological polar surface area (TPSA) is 78.4 Å². The van der Waals surface area contributed by atoms with Gasteiger partial charge in [0.25, 0.3) is 0 Å². The van der Waals surface area contributed by atoms with Crippen LogP contribution in [0.1, 0.15) is 40.5 Å². The van der Waals surface area contributed by atoms with E-state index < -0.39 is 0 Å².